The summed E-state index contributed by atoms with van der Waals surface area (Å²) in [7, 11) is -3.98. The van der Waals surface area contributed by atoms with Gasteiger partial charge in [0.25, 0.3) is 0 Å². The van der Waals surface area contributed by atoms with Crippen LogP contribution in [0.15, 0.2) is 65.6 Å². The number of hydrogen-bond donors (Lipinski definition) is 1. The fourth-order valence-electron chi connectivity index (χ4n) is 7.46. The third-order valence-electron chi connectivity index (χ3n) is 10.0. The Morgan fingerprint density at radius 1 is 0.906 bits per heavy atom. The van der Waals surface area contributed by atoms with Crippen molar-refractivity contribution < 1.29 is 27.4 Å². The van der Waals surface area contributed by atoms with E-state index in [1.54, 1.807) is 12.1 Å². The van der Waals surface area contributed by atoms with Crippen LogP contribution in [-0.2, 0) is 32.6 Å². The Morgan fingerprint density at radius 2 is 1.42 bits per heavy atom. The number of anilines is 1. The van der Waals surface area contributed by atoms with Gasteiger partial charge in [-0.3, -0.25) is 4.98 Å². The highest BCUT2D eigenvalue weighted by Gasteiger charge is 2.37. The van der Waals surface area contributed by atoms with Crippen molar-refractivity contribution in [1.82, 2.24) is 9.29 Å². The lowest BCUT2D eigenvalue weighted by molar-refractivity contribution is -0.160. The number of ether oxygens (including phenoxy) is 1. The molecule has 8 nitrogen and oxygen atoms in total. The number of pyridine rings is 1. The van der Waals surface area contributed by atoms with Gasteiger partial charge >= 0.3 is 5.97 Å². The predicted octanol–water partition coefficient (Wildman–Crippen LogP) is 9.39. The molecule has 1 unspecified atom stereocenters. The summed E-state index contributed by atoms with van der Waals surface area (Å²) in [6, 6.07) is 17.4. The lowest BCUT2D eigenvalue weighted by Crippen LogP contribution is -2.39. The summed E-state index contributed by atoms with van der Waals surface area (Å²) in [4.78, 5) is 20.4. The summed E-state index contributed by atoms with van der Waals surface area (Å²) < 4.78 is 50.4. The highest BCUT2D eigenvalue weighted by Crippen LogP contribution is 2.45. The maximum atomic E-state index is 14.4. The molecule has 1 fully saturated rings. The van der Waals surface area contributed by atoms with Crippen LogP contribution in [-0.4, -0.2) is 47.5 Å². The molecule has 10 heteroatoms. The number of rotatable bonds is 11. The van der Waals surface area contributed by atoms with E-state index in [0.717, 1.165) is 59.6 Å². The number of aromatic nitrogens is 1. The molecule has 0 bridgehead atoms. The Bertz CT molecular complexity index is 2060. The molecule has 1 atom stereocenters. The molecule has 0 aliphatic carbocycles. The maximum Gasteiger partial charge on any atom is 0.337 e. The summed E-state index contributed by atoms with van der Waals surface area (Å²) in [6.45, 7) is 21.1. The summed E-state index contributed by atoms with van der Waals surface area (Å²) in [5.41, 5.74) is 7.64. The zero-order valence-electron chi connectivity index (χ0n) is 32.8. The molecule has 1 aliphatic rings. The van der Waals surface area contributed by atoms with Crippen molar-refractivity contribution in [2.45, 2.75) is 112 Å². The number of piperidine rings is 1. The first kappa shape index (κ1) is 40.1. The molecule has 1 aliphatic heterocycles. The van der Waals surface area contributed by atoms with Gasteiger partial charge in [-0.1, -0.05) is 67.9 Å². The zero-order chi connectivity index (χ0) is 39.0. The molecule has 3 aromatic carbocycles. The highest BCUT2D eigenvalue weighted by atomic mass is 32.2. The molecule has 4 aromatic rings. The number of sulfonamides is 1. The van der Waals surface area contributed by atoms with Crippen molar-refractivity contribution in [3.05, 3.63) is 111 Å². The van der Waals surface area contributed by atoms with Gasteiger partial charge in [0.1, 0.15) is 5.82 Å². The molecular weight excluding hydrogens is 690 g/mol. The minimum atomic E-state index is -3.98. The van der Waals surface area contributed by atoms with E-state index in [-0.39, 0.29) is 29.2 Å². The number of carboxylic acid groups (broad SMARTS) is 1. The quantitative estimate of drug-likeness (QED) is 0.163. The van der Waals surface area contributed by atoms with Gasteiger partial charge in [0, 0.05) is 48.7 Å². The number of carbonyl (C=O) groups is 1. The number of aliphatic carboxylic acids is 1. The summed E-state index contributed by atoms with van der Waals surface area (Å²) >= 11 is 0. The molecule has 0 amide bonds. The first-order valence-corrected chi connectivity index (χ1v) is 19.7. The van der Waals surface area contributed by atoms with Gasteiger partial charge in [-0.2, -0.15) is 4.31 Å². The van der Waals surface area contributed by atoms with E-state index in [0.29, 0.717) is 27.9 Å². The molecule has 1 N–H and O–H groups in total. The number of hydrogen-bond acceptors (Lipinski definition) is 6. The summed E-state index contributed by atoms with van der Waals surface area (Å²) in [5.74, 6) is -1.46. The minimum absolute atomic E-state index is 0.0568. The van der Waals surface area contributed by atoms with Crippen molar-refractivity contribution in [2.24, 2.45) is 5.41 Å². The van der Waals surface area contributed by atoms with Crippen LogP contribution in [0.25, 0.3) is 11.1 Å². The Hall–Kier alpha value is -4.12. The lowest BCUT2D eigenvalue weighted by atomic mass is 9.81. The minimum Gasteiger partial charge on any atom is -0.479 e. The van der Waals surface area contributed by atoms with Gasteiger partial charge in [-0.05, 0) is 114 Å². The van der Waals surface area contributed by atoms with Crippen LogP contribution in [0, 0.1) is 45.9 Å². The molecule has 1 aromatic heterocycles. The first-order valence-electron chi connectivity index (χ1n) is 18.3. The van der Waals surface area contributed by atoms with Gasteiger partial charge in [0.2, 0.25) is 10.0 Å². The van der Waals surface area contributed by atoms with E-state index in [1.165, 1.54) is 16.4 Å². The third-order valence-corrected chi connectivity index (χ3v) is 12.1. The Labute approximate surface area is 315 Å². The fraction of sp³-hybridized carbons (Fsp3) is 0.442. The van der Waals surface area contributed by atoms with Gasteiger partial charge < -0.3 is 14.7 Å². The van der Waals surface area contributed by atoms with Crippen LogP contribution >= 0.6 is 0 Å². The van der Waals surface area contributed by atoms with Crippen molar-refractivity contribution in [2.75, 3.05) is 18.0 Å². The maximum absolute atomic E-state index is 14.4. The van der Waals surface area contributed by atoms with Crippen LogP contribution in [0.4, 0.5) is 10.1 Å². The van der Waals surface area contributed by atoms with Crippen LogP contribution < -0.4 is 4.90 Å². The van der Waals surface area contributed by atoms with E-state index in [1.807, 2.05) is 91.8 Å². The van der Waals surface area contributed by atoms with E-state index < -0.39 is 27.7 Å². The summed E-state index contributed by atoms with van der Waals surface area (Å²) in [5, 5.41) is 10.5. The first-order chi connectivity index (χ1) is 24.7. The molecule has 0 spiro atoms. The Balaban J connectivity index is 1.61. The van der Waals surface area contributed by atoms with Crippen LogP contribution in [0.1, 0.15) is 98.3 Å². The summed E-state index contributed by atoms with van der Waals surface area (Å²) in [6.07, 6.45) is 0.660. The standard InChI is InChI=1S/C43H54FN3O5S/c1-27-23-28(2)40(29(3)24-27)53(50,51)47(26-33-13-17-35(44)18-14-33)25-32-11-15-34(16-12-32)36-30(4)45-31(5)37(39(41(48)49)52-42(6,7)8)38(36)46-21-19-43(9,10)20-22-46/h11-18,23-24,39H,19-22,25-26H2,1-10H3,(H,48,49). The van der Waals surface area contributed by atoms with Crippen LogP contribution in [0.2, 0.25) is 0 Å². The number of halogens is 1. The second-order valence-corrected chi connectivity index (χ2v) is 18.2. The van der Waals surface area contributed by atoms with E-state index >= 15 is 0 Å². The van der Waals surface area contributed by atoms with Crippen LogP contribution in [0.3, 0.4) is 0 Å². The number of benzene rings is 3. The molecule has 5 rings (SSSR count). The second kappa shape index (κ2) is 15.3. The van der Waals surface area contributed by atoms with E-state index in [9.17, 15) is 22.7 Å². The highest BCUT2D eigenvalue weighted by molar-refractivity contribution is 7.89. The van der Waals surface area contributed by atoms with Crippen molar-refractivity contribution in [3.8, 4) is 11.1 Å². The lowest BCUT2D eigenvalue weighted by Gasteiger charge is -2.41. The normalized spacial score (nSPS) is 15.5. The van der Waals surface area contributed by atoms with E-state index in [2.05, 4.69) is 18.7 Å². The van der Waals surface area contributed by atoms with E-state index in [4.69, 9.17) is 9.72 Å². The zero-order valence-corrected chi connectivity index (χ0v) is 33.6. The average molecular weight is 744 g/mol. The molecular formula is C43H54FN3O5S. The predicted molar refractivity (Wildman–Crippen MR) is 209 cm³/mol. The van der Waals surface area contributed by atoms with Crippen molar-refractivity contribution in [3.63, 3.8) is 0 Å². The SMILES string of the molecule is Cc1cc(C)c(S(=O)(=O)N(Cc2ccc(F)cc2)Cc2ccc(-c3c(C)nc(C)c(C(OC(C)(C)C)C(=O)O)c3N3CCC(C)(C)CC3)cc2)c(C)c1. The smallest absolute Gasteiger partial charge is 0.337 e. The molecule has 284 valence electrons. The van der Waals surface area contributed by atoms with Crippen molar-refractivity contribution >= 4 is 21.7 Å². The number of nitrogens with zero attached hydrogens (tertiary/aromatic N) is 3. The number of aryl methyl sites for hydroxylation is 5. The van der Waals surface area contributed by atoms with Gasteiger partial charge in [0.05, 0.1) is 16.2 Å². The van der Waals surface area contributed by atoms with Gasteiger partial charge in [-0.15, -0.1) is 0 Å². The monoisotopic (exact) mass is 743 g/mol. The molecule has 0 radical (unpaired) electrons. The second-order valence-electron chi connectivity index (χ2n) is 16.3. The third kappa shape index (κ3) is 9.16. The van der Waals surface area contributed by atoms with Gasteiger partial charge in [-0.25, -0.2) is 17.6 Å². The molecule has 2 heterocycles. The topological polar surface area (TPSA) is 100 Å². The average Bonchev–Trinajstić information content (AvgIpc) is 3.04. The fourth-order valence-corrected chi connectivity index (χ4v) is 9.29. The molecule has 1 saturated heterocycles. The largest absolute Gasteiger partial charge is 0.479 e. The van der Waals surface area contributed by atoms with Crippen molar-refractivity contribution in [1.29, 1.82) is 0 Å². The Morgan fingerprint density at radius 3 is 1.91 bits per heavy atom. The van der Waals surface area contributed by atoms with Gasteiger partial charge in [0.15, 0.2) is 6.10 Å². The Kier molecular flexibility index (Phi) is 11.6. The molecule has 53 heavy (non-hydrogen) atoms. The molecule has 0 saturated carbocycles. The number of carboxylic acids is 1. The van der Waals surface area contributed by atoms with Crippen LogP contribution in [0.5, 0.6) is 0 Å².